The normalized spacial score (nSPS) is 14.7. The van der Waals surface area contributed by atoms with Crippen molar-refractivity contribution >= 4 is 35.0 Å². The summed E-state index contributed by atoms with van der Waals surface area (Å²) in [5.74, 6) is -1.01. The van der Waals surface area contributed by atoms with E-state index in [1.165, 1.54) is 17.4 Å². The Labute approximate surface area is 227 Å². The third-order valence-corrected chi connectivity index (χ3v) is 7.46. The highest BCUT2D eigenvalue weighted by Crippen LogP contribution is 2.25. The minimum atomic E-state index is -0.796. The fourth-order valence-corrected chi connectivity index (χ4v) is 5.31. The van der Waals surface area contributed by atoms with Crippen molar-refractivity contribution in [3.8, 4) is 0 Å². The highest BCUT2D eigenvalue weighted by Gasteiger charge is 2.32. The van der Waals surface area contributed by atoms with Crippen molar-refractivity contribution < 1.29 is 14.0 Å². The lowest BCUT2D eigenvalue weighted by atomic mass is 9.94. The zero-order valence-electron chi connectivity index (χ0n) is 20.6. The Balaban J connectivity index is 1.68. The van der Waals surface area contributed by atoms with Crippen LogP contribution < -0.4 is 5.32 Å². The quantitative estimate of drug-likeness (QED) is 0.325. The number of hydrogen-bond acceptors (Lipinski definition) is 2. The van der Waals surface area contributed by atoms with Crippen molar-refractivity contribution in [2.24, 2.45) is 0 Å². The van der Waals surface area contributed by atoms with E-state index in [9.17, 15) is 14.0 Å². The van der Waals surface area contributed by atoms with Crippen LogP contribution in [0.4, 0.5) is 4.39 Å². The Hall–Kier alpha value is -2.89. The molecule has 1 unspecified atom stereocenters. The van der Waals surface area contributed by atoms with Gasteiger partial charge in [0.25, 0.3) is 0 Å². The average Bonchev–Trinajstić information content (AvgIpc) is 2.89. The van der Waals surface area contributed by atoms with Crippen molar-refractivity contribution in [3.05, 3.63) is 105 Å². The van der Waals surface area contributed by atoms with E-state index in [2.05, 4.69) is 5.32 Å². The highest BCUT2D eigenvalue weighted by molar-refractivity contribution is 6.35. The van der Waals surface area contributed by atoms with Gasteiger partial charge in [-0.3, -0.25) is 9.59 Å². The number of hydrogen-bond donors (Lipinski definition) is 1. The van der Waals surface area contributed by atoms with Gasteiger partial charge >= 0.3 is 0 Å². The number of amides is 2. The minimum absolute atomic E-state index is 0.0853. The zero-order chi connectivity index (χ0) is 26.2. The van der Waals surface area contributed by atoms with Crippen LogP contribution in [0.25, 0.3) is 0 Å². The average molecular weight is 541 g/mol. The van der Waals surface area contributed by atoms with E-state index in [0.717, 1.165) is 31.2 Å². The molecule has 194 valence electrons. The molecule has 0 spiro atoms. The maximum atomic E-state index is 14.5. The van der Waals surface area contributed by atoms with Crippen LogP contribution in [-0.2, 0) is 29.0 Å². The van der Waals surface area contributed by atoms with Crippen LogP contribution in [0.3, 0.4) is 0 Å². The van der Waals surface area contributed by atoms with Gasteiger partial charge < -0.3 is 10.2 Å². The molecule has 0 bridgehead atoms. The van der Waals surface area contributed by atoms with Crippen molar-refractivity contribution in [2.75, 3.05) is 0 Å². The summed E-state index contributed by atoms with van der Waals surface area (Å²) in [7, 11) is 0. The van der Waals surface area contributed by atoms with Crippen LogP contribution >= 0.6 is 23.2 Å². The molecular formula is C30H31Cl2FN2O2. The van der Waals surface area contributed by atoms with Gasteiger partial charge in [0.2, 0.25) is 11.8 Å². The molecule has 7 heteroatoms. The van der Waals surface area contributed by atoms with Crippen molar-refractivity contribution in [2.45, 2.75) is 63.6 Å². The minimum Gasteiger partial charge on any atom is -0.352 e. The van der Waals surface area contributed by atoms with Gasteiger partial charge in [-0.1, -0.05) is 97.1 Å². The molecule has 3 aromatic carbocycles. The van der Waals surface area contributed by atoms with Crippen molar-refractivity contribution in [1.82, 2.24) is 10.2 Å². The number of nitrogens with one attached hydrogen (secondary N) is 1. The maximum absolute atomic E-state index is 14.5. The molecule has 4 rings (SSSR count). The third kappa shape index (κ3) is 7.56. The maximum Gasteiger partial charge on any atom is 0.243 e. The Morgan fingerprint density at radius 3 is 2.32 bits per heavy atom. The molecule has 1 aliphatic rings. The molecule has 1 N–H and O–H groups in total. The van der Waals surface area contributed by atoms with Crippen molar-refractivity contribution in [3.63, 3.8) is 0 Å². The molecule has 1 fully saturated rings. The SMILES string of the molecule is O=C(NC1CCCCC1)C(Cc1ccccc1)N(Cc1ccc(Cl)cc1Cl)C(=O)Cc1ccccc1F. The summed E-state index contributed by atoms with van der Waals surface area (Å²) >= 11 is 12.6. The van der Waals surface area contributed by atoms with Crippen LogP contribution in [0.15, 0.2) is 72.8 Å². The van der Waals surface area contributed by atoms with Gasteiger partial charge in [-0.25, -0.2) is 4.39 Å². The fraction of sp³-hybridized carbons (Fsp3) is 0.333. The summed E-state index contributed by atoms with van der Waals surface area (Å²) in [6.07, 6.45) is 5.33. The molecular weight excluding hydrogens is 510 g/mol. The van der Waals surface area contributed by atoms with Crippen LogP contribution in [0, 0.1) is 5.82 Å². The first-order valence-electron chi connectivity index (χ1n) is 12.7. The Bertz CT molecular complexity index is 1220. The Morgan fingerprint density at radius 2 is 1.62 bits per heavy atom. The van der Waals surface area contributed by atoms with Gasteiger partial charge in [-0.2, -0.15) is 0 Å². The second kappa shape index (κ2) is 13.1. The monoisotopic (exact) mass is 540 g/mol. The number of rotatable bonds is 9. The standard InChI is InChI=1S/C30H31Cl2FN2O2/c31-24-16-15-23(26(32)19-24)20-35(29(36)18-22-11-7-8-14-27(22)33)28(17-21-9-3-1-4-10-21)30(37)34-25-12-5-2-6-13-25/h1,3-4,7-11,14-16,19,25,28H,2,5-6,12-13,17-18,20H2,(H,34,37). The Morgan fingerprint density at radius 1 is 0.919 bits per heavy atom. The molecule has 0 aliphatic heterocycles. The molecule has 1 saturated carbocycles. The fourth-order valence-electron chi connectivity index (χ4n) is 4.84. The number of halogens is 3. The molecule has 3 aromatic rings. The summed E-state index contributed by atoms with van der Waals surface area (Å²) in [5.41, 5.74) is 1.87. The lowest BCUT2D eigenvalue weighted by Gasteiger charge is -2.34. The van der Waals surface area contributed by atoms with E-state index >= 15 is 0 Å². The molecule has 1 atom stereocenters. The van der Waals surface area contributed by atoms with E-state index in [4.69, 9.17) is 23.2 Å². The molecule has 4 nitrogen and oxygen atoms in total. The first-order valence-corrected chi connectivity index (χ1v) is 13.5. The predicted molar refractivity (Wildman–Crippen MR) is 146 cm³/mol. The highest BCUT2D eigenvalue weighted by atomic mass is 35.5. The predicted octanol–water partition coefficient (Wildman–Crippen LogP) is 6.76. The van der Waals surface area contributed by atoms with Gasteiger partial charge in [0.05, 0.1) is 6.42 Å². The van der Waals surface area contributed by atoms with E-state index in [0.29, 0.717) is 22.0 Å². The smallest absolute Gasteiger partial charge is 0.243 e. The summed E-state index contributed by atoms with van der Waals surface area (Å²) in [6.45, 7) is 0.0961. The molecule has 1 aliphatic carbocycles. The molecule has 0 aromatic heterocycles. The number of nitrogens with zero attached hydrogens (tertiary/aromatic N) is 1. The first kappa shape index (κ1) is 27.2. The van der Waals surface area contributed by atoms with Gasteiger partial charge in [0, 0.05) is 29.1 Å². The lowest BCUT2D eigenvalue weighted by molar-refractivity contribution is -0.141. The summed E-state index contributed by atoms with van der Waals surface area (Å²) < 4.78 is 14.5. The zero-order valence-corrected chi connectivity index (χ0v) is 22.1. The van der Waals surface area contributed by atoms with Crippen LogP contribution in [0.5, 0.6) is 0 Å². The van der Waals surface area contributed by atoms with Crippen molar-refractivity contribution in [1.29, 1.82) is 0 Å². The molecule has 2 amide bonds. The van der Waals surface area contributed by atoms with E-state index in [1.807, 2.05) is 30.3 Å². The summed E-state index contributed by atoms with van der Waals surface area (Å²) in [6, 6.07) is 20.2. The van der Waals surface area contributed by atoms with Crippen LogP contribution in [0.1, 0.15) is 48.8 Å². The molecule has 0 radical (unpaired) electrons. The molecule has 0 saturated heterocycles. The van der Waals surface area contributed by atoms with E-state index in [-0.39, 0.29) is 36.4 Å². The largest absolute Gasteiger partial charge is 0.352 e. The van der Waals surface area contributed by atoms with Gasteiger partial charge in [-0.15, -0.1) is 0 Å². The van der Waals surface area contributed by atoms with E-state index in [1.54, 1.807) is 36.4 Å². The van der Waals surface area contributed by atoms with Gasteiger partial charge in [0.15, 0.2) is 0 Å². The van der Waals surface area contributed by atoms with Crippen LogP contribution in [-0.4, -0.2) is 28.8 Å². The second-order valence-electron chi connectivity index (χ2n) is 9.57. The number of carbonyl (C=O) groups excluding carboxylic acids is 2. The summed E-state index contributed by atoms with van der Waals surface area (Å²) in [5, 5.41) is 4.08. The van der Waals surface area contributed by atoms with Gasteiger partial charge in [0.1, 0.15) is 11.9 Å². The molecule has 37 heavy (non-hydrogen) atoms. The van der Waals surface area contributed by atoms with Gasteiger partial charge in [-0.05, 0) is 47.7 Å². The topological polar surface area (TPSA) is 49.4 Å². The van der Waals surface area contributed by atoms with E-state index < -0.39 is 11.9 Å². The van der Waals surface area contributed by atoms with Crippen LogP contribution in [0.2, 0.25) is 10.0 Å². The number of carbonyl (C=O) groups is 2. The molecule has 0 heterocycles. The lowest BCUT2D eigenvalue weighted by Crippen LogP contribution is -2.53. The number of benzene rings is 3. The second-order valence-corrected chi connectivity index (χ2v) is 10.4. The Kier molecular flexibility index (Phi) is 9.59. The first-order chi connectivity index (χ1) is 17.9. The third-order valence-electron chi connectivity index (χ3n) is 6.88. The summed E-state index contributed by atoms with van der Waals surface area (Å²) in [4.78, 5) is 29.1.